The summed E-state index contributed by atoms with van der Waals surface area (Å²) in [4.78, 5) is 14.4. The zero-order chi connectivity index (χ0) is 15.6. The SMILES string of the molecule is CN(C)c1ccc(N)cc1C(=O)OC1CCC(C)(C)CC1. The minimum atomic E-state index is -0.268. The van der Waals surface area contributed by atoms with Gasteiger partial charge in [-0.3, -0.25) is 0 Å². The fraction of sp³-hybridized carbons (Fsp3) is 0.588. The molecule has 1 saturated carbocycles. The Labute approximate surface area is 127 Å². The number of carbonyl (C=O) groups excluding carboxylic acids is 1. The van der Waals surface area contributed by atoms with Crippen LogP contribution in [0.5, 0.6) is 0 Å². The molecule has 116 valence electrons. The lowest BCUT2D eigenvalue weighted by molar-refractivity contribution is 0.00959. The van der Waals surface area contributed by atoms with Crippen LogP contribution in [0.15, 0.2) is 18.2 Å². The second-order valence-electron chi connectivity index (χ2n) is 6.94. The van der Waals surface area contributed by atoms with E-state index in [0.717, 1.165) is 31.4 Å². The van der Waals surface area contributed by atoms with Gasteiger partial charge in [0.15, 0.2) is 0 Å². The number of hydrogen-bond acceptors (Lipinski definition) is 4. The van der Waals surface area contributed by atoms with E-state index < -0.39 is 0 Å². The number of rotatable bonds is 3. The van der Waals surface area contributed by atoms with Gasteiger partial charge in [-0.05, 0) is 49.3 Å². The predicted octanol–water partition coefficient (Wildman–Crippen LogP) is 3.46. The minimum absolute atomic E-state index is 0.0296. The maximum absolute atomic E-state index is 12.4. The molecule has 0 bridgehead atoms. The van der Waals surface area contributed by atoms with E-state index in [9.17, 15) is 4.79 Å². The number of anilines is 2. The minimum Gasteiger partial charge on any atom is -0.459 e. The summed E-state index contributed by atoms with van der Waals surface area (Å²) in [6, 6.07) is 5.36. The van der Waals surface area contributed by atoms with Gasteiger partial charge in [0.1, 0.15) is 6.10 Å². The molecule has 0 radical (unpaired) electrons. The summed E-state index contributed by atoms with van der Waals surface area (Å²) >= 11 is 0. The second-order valence-corrected chi connectivity index (χ2v) is 6.94. The van der Waals surface area contributed by atoms with Crippen LogP contribution in [0, 0.1) is 5.41 Å². The van der Waals surface area contributed by atoms with Crippen molar-refractivity contribution in [3.05, 3.63) is 23.8 Å². The first-order chi connectivity index (χ1) is 9.78. The van der Waals surface area contributed by atoms with E-state index in [1.165, 1.54) is 0 Å². The predicted molar refractivity (Wildman–Crippen MR) is 86.6 cm³/mol. The molecule has 0 saturated heterocycles. The zero-order valence-corrected chi connectivity index (χ0v) is 13.5. The molecule has 1 aliphatic carbocycles. The molecular formula is C17H26N2O2. The van der Waals surface area contributed by atoms with Crippen molar-refractivity contribution in [1.29, 1.82) is 0 Å². The molecule has 1 fully saturated rings. The van der Waals surface area contributed by atoms with Crippen molar-refractivity contribution in [3.63, 3.8) is 0 Å². The second kappa shape index (κ2) is 5.96. The average molecular weight is 290 g/mol. The first-order valence-corrected chi connectivity index (χ1v) is 7.56. The maximum atomic E-state index is 12.4. The highest BCUT2D eigenvalue weighted by molar-refractivity contribution is 5.97. The van der Waals surface area contributed by atoms with Crippen molar-refractivity contribution in [2.75, 3.05) is 24.7 Å². The standard InChI is InChI=1S/C17H26N2O2/c1-17(2)9-7-13(8-10-17)21-16(20)14-11-12(18)5-6-15(14)19(3)4/h5-6,11,13H,7-10,18H2,1-4H3. The van der Waals surface area contributed by atoms with E-state index in [1.807, 2.05) is 25.1 Å². The summed E-state index contributed by atoms with van der Waals surface area (Å²) < 4.78 is 5.70. The van der Waals surface area contributed by atoms with Crippen molar-refractivity contribution in [3.8, 4) is 0 Å². The van der Waals surface area contributed by atoms with Gasteiger partial charge in [0.2, 0.25) is 0 Å². The summed E-state index contributed by atoms with van der Waals surface area (Å²) in [6.45, 7) is 4.54. The first kappa shape index (κ1) is 15.7. The monoisotopic (exact) mass is 290 g/mol. The highest BCUT2D eigenvalue weighted by Gasteiger charge is 2.29. The van der Waals surface area contributed by atoms with Crippen LogP contribution in [0.1, 0.15) is 49.9 Å². The largest absolute Gasteiger partial charge is 0.459 e. The maximum Gasteiger partial charge on any atom is 0.340 e. The molecule has 2 rings (SSSR count). The van der Waals surface area contributed by atoms with Crippen molar-refractivity contribution >= 4 is 17.3 Å². The Morgan fingerprint density at radius 1 is 1.29 bits per heavy atom. The molecule has 0 spiro atoms. The van der Waals surface area contributed by atoms with Crippen LogP contribution < -0.4 is 10.6 Å². The molecule has 0 heterocycles. The molecule has 4 heteroatoms. The van der Waals surface area contributed by atoms with Crippen LogP contribution in [0.3, 0.4) is 0 Å². The Balaban J connectivity index is 2.09. The first-order valence-electron chi connectivity index (χ1n) is 7.56. The van der Waals surface area contributed by atoms with Gasteiger partial charge in [0, 0.05) is 19.8 Å². The van der Waals surface area contributed by atoms with Gasteiger partial charge in [-0.2, -0.15) is 0 Å². The highest BCUT2D eigenvalue weighted by atomic mass is 16.5. The summed E-state index contributed by atoms with van der Waals surface area (Å²) in [5.74, 6) is -0.268. The summed E-state index contributed by atoms with van der Waals surface area (Å²) in [6.07, 6.45) is 4.11. The van der Waals surface area contributed by atoms with Gasteiger partial charge in [0.25, 0.3) is 0 Å². The van der Waals surface area contributed by atoms with Gasteiger partial charge < -0.3 is 15.4 Å². The quantitative estimate of drug-likeness (QED) is 0.684. The van der Waals surface area contributed by atoms with Gasteiger partial charge in [-0.15, -0.1) is 0 Å². The number of carbonyl (C=O) groups is 1. The van der Waals surface area contributed by atoms with Crippen LogP contribution in [0.2, 0.25) is 0 Å². The number of nitrogens with two attached hydrogens (primary N) is 1. The van der Waals surface area contributed by atoms with Crippen molar-refractivity contribution in [1.82, 2.24) is 0 Å². The van der Waals surface area contributed by atoms with E-state index in [2.05, 4.69) is 13.8 Å². The number of esters is 1. The van der Waals surface area contributed by atoms with Crippen LogP contribution in [0.25, 0.3) is 0 Å². The van der Waals surface area contributed by atoms with Crippen LogP contribution in [-0.2, 0) is 4.74 Å². The van der Waals surface area contributed by atoms with Crippen LogP contribution in [-0.4, -0.2) is 26.2 Å². The topological polar surface area (TPSA) is 55.6 Å². The molecule has 4 nitrogen and oxygen atoms in total. The van der Waals surface area contributed by atoms with Gasteiger partial charge in [-0.1, -0.05) is 13.8 Å². The molecule has 2 N–H and O–H groups in total. The van der Waals surface area contributed by atoms with Crippen LogP contribution >= 0.6 is 0 Å². The smallest absolute Gasteiger partial charge is 0.340 e. The third kappa shape index (κ3) is 3.90. The van der Waals surface area contributed by atoms with E-state index >= 15 is 0 Å². The van der Waals surface area contributed by atoms with E-state index in [4.69, 9.17) is 10.5 Å². The molecule has 1 aromatic rings. The number of nitrogen functional groups attached to an aromatic ring is 1. The average Bonchev–Trinajstić information content (AvgIpc) is 2.40. The lowest BCUT2D eigenvalue weighted by Gasteiger charge is -2.34. The van der Waals surface area contributed by atoms with Crippen molar-refractivity contribution < 1.29 is 9.53 Å². The van der Waals surface area contributed by atoms with E-state index in [-0.39, 0.29) is 12.1 Å². The third-order valence-electron chi connectivity index (χ3n) is 4.28. The molecule has 0 unspecified atom stereocenters. The van der Waals surface area contributed by atoms with E-state index in [1.54, 1.807) is 12.1 Å². The molecule has 1 aliphatic rings. The Hall–Kier alpha value is -1.71. The van der Waals surface area contributed by atoms with Crippen molar-refractivity contribution in [2.45, 2.75) is 45.6 Å². The number of benzene rings is 1. The van der Waals surface area contributed by atoms with E-state index in [0.29, 0.717) is 16.7 Å². The van der Waals surface area contributed by atoms with Crippen LogP contribution in [0.4, 0.5) is 11.4 Å². The fourth-order valence-corrected chi connectivity index (χ4v) is 2.81. The Morgan fingerprint density at radius 3 is 2.48 bits per heavy atom. The summed E-state index contributed by atoms with van der Waals surface area (Å²) in [7, 11) is 3.82. The molecule has 0 amide bonds. The molecule has 0 atom stereocenters. The molecule has 21 heavy (non-hydrogen) atoms. The van der Waals surface area contributed by atoms with Crippen molar-refractivity contribution in [2.24, 2.45) is 5.41 Å². The number of ether oxygens (including phenoxy) is 1. The Morgan fingerprint density at radius 2 is 1.90 bits per heavy atom. The molecule has 0 aliphatic heterocycles. The Bertz CT molecular complexity index is 514. The lowest BCUT2D eigenvalue weighted by atomic mass is 9.76. The third-order valence-corrected chi connectivity index (χ3v) is 4.28. The van der Waals surface area contributed by atoms with Gasteiger partial charge >= 0.3 is 5.97 Å². The number of hydrogen-bond donors (Lipinski definition) is 1. The molecule has 0 aromatic heterocycles. The summed E-state index contributed by atoms with van der Waals surface area (Å²) in [5, 5.41) is 0. The van der Waals surface area contributed by atoms with Gasteiger partial charge in [0.05, 0.1) is 11.3 Å². The molecule has 1 aromatic carbocycles. The highest BCUT2D eigenvalue weighted by Crippen LogP contribution is 2.36. The lowest BCUT2D eigenvalue weighted by Crippen LogP contribution is -2.28. The Kier molecular flexibility index (Phi) is 4.45. The summed E-state index contributed by atoms with van der Waals surface area (Å²) in [5.41, 5.74) is 8.14. The zero-order valence-electron chi connectivity index (χ0n) is 13.5. The normalized spacial score (nSPS) is 18.3. The fourth-order valence-electron chi connectivity index (χ4n) is 2.81. The van der Waals surface area contributed by atoms with Gasteiger partial charge in [-0.25, -0.2) is 4.79 Å². The number of nitrogens with zero attached hydrogens (tertiary/aromatic N) is 1. The molecular weight excluding hydrogens is 264 g/mol.